The molecule has 7 nitrogen and oxygen atoms in total. The third kappa shape index (κ3) is 3.14. The molecule has 2 N–H and O–H groups in total. The van der Waals surface area contributed by atoms with Crippen molar-refractivity contribution in [1.29, 1.82) is 0 Å². The number of aromatic nitrogens is 4. The second-order valence-corrected chi connectivity index (χ2v) is 5.71. The van der Waals surface area contributed by atoms with Gasteiger partial charge in [-0.2, -0.15) is 0 Å². The molecule has 3 rings (SSSR count). The van der Waals surface area contributed by atoms with Crippen molar-refractivity contribution in [1.82, 2.24) is 24.9 Å². The normalized spacial score (nSPS) is 16.8. The van der Waals surface area contributed by atoms with Crippen LogP contribution in [0.15, 0.2) is 17.8 Å². The summed E-state index contributed by atoms with van der Waals surface area (Å²) >= 11 is 1.70. The van der Waals surface area contributed by atoms with E-state index in [1.54, 1.807) is 16.0 Å². The summed E-state index contributed by atoms with van der Waals surface area (Å²) in [4.78, 5) is 9.10. The molecule has 8 heteroatoms. The number of piperazine rings is 1. The Labute approximate surface area is 122 Å². The number of rotatable bonds is 5. The lowest BCUT2D eigenvalue weighted by atomic mass is 10.3. The Bertz CT molecular complexity index is 516. The second-order valence-electron chi connectivity index (χ2n) is 4.84. The van der Waals surface area contributed by atoms with Gasteiger partial charge >= 0.3 is 0 Å². The molecule has 108 valence electrons. The lowest BCUT2D eigenvalue weighted by molar-refractivity contribution is 0.247. The number of hydrogen-bond acceptors (Lipinski definition) is 7. The van der Waals surface area contributed by atoms with Crippen molar-refractivity contribution in [2.45, 2.75) is 13.1 Å². The predicted octanol–water partition coefficient (Wildman–Crippen LogP) is 0.0155. The standard InChI is InChI=1S/C12H19N7S/c13-1-3-19-10-11(15-16-19)9-17-4-6-18(7-5-17)12-14-2-8-20-12/h2,8,10H,1,3-7,9,13H2. The third-order valence-electron chi connectivity index (χ3n) is 3.39. The van der Waals surface area contributed by atoms with Gasteiger partial charge in [0.1, 0.15) is 0 Å². The molecule has 1 fully saturated rings. The van der Waals surface area contributed by atoms with Crippen LogP contribution < -0.4 is 10.6 Å². The molecule has 2 aromatic rings. The molecule has 0 radical (unpaired) electrons. The molecule has 0 unspecified atom stereocenters. The molecule has 0 aromatic carbocycles. The first-order valence-corrected chi connectivity index (χ1v) is 7.69. The van der Waals surface area contributed by atoms with Crippen LogP contribution in [0.2, 0.25) is 0 Å². The minimum Gasteiger partial charge on any atom is -0.346 e. The highest BCUT2D eigenvalue weighted by atomic mass is 32.1. The van der Waals surface area contributed by atoms with E-state index in [0.29, 0.717) is 6.54 Å². The maximum absolute atomic E-state index is 5.51. The zero-order valence-electron chi connectivity index (χ0n) is 11.4. The molecule has 0 saturated carbocycles. The zero-order valence-corrected chi connectivity index (χ0v) is 12.2. The Kier molecular flexibility index (Phi) is 4.24. The fourth-order valence-electron chi connectivity index (χ4n) is 2.35. The first-order valence-electron chi connectivity index (χ1n) is 6.81. The lowest BCUT2D eigenvalue weighted by Gasteiger charge is -2.34. The maximum Gasteiger partial charge on any atom is 0.185 e. The fourth-order valence-corrected chi connectivity index (χ4v) is 3.05. The monoisotopic (exact) mass is 293 g/mol. The SMILES string of the molecule is NCCn1cc(CN2CCN(c3nccs3)CC2)nn1. The van der Waals surface area contributed by atoms with Gasteiger partial charge in [-0.25, -0.2) is 4.98 Å². The van der Waals surface area contributed by atoms with Gasteiger partial charge in [-0.1, -0.05) is 5.21 Å². The Balaban J connectivity index is 1.50. The second kappa shape index (κ2) is 6.29. The Morgan fingerprint density at radius 2 is 2.10 bits per heavy atom. The maximum atomic E-state index is 5.51. The van der Waals surface area contributed by atoms with Crippen molar-refractivity contribution in [3.8, 4) is 0 Å². The largest absolute Gasteiger partial charge is 0.346 e. The first kappa shape index (κ1) is 13.5. The number of nitrogens with zero attached hydrogens (tertiary/aromatic N) is 6. The van der Waals surface area contributed by atoms with Crippen LogP contribution in [0.5, 0.6) is 0 Å². The number of hydrogen-bond donors (Lipinski definition) is 1. The number of anilines is 1. The lowest BCUT2D eigenvalue weighted by Crippen LogP contribution is -2.46. The van der Waals surface area contributed by atoms with E-state index in [0.717, 1.165) is 50.1 Å². The van der Waals surface area contributed by atoms with E-state index in [1.165, 1.54) is 0 Å². The van der Waals surface area contributed by atoms with Crippen molar-refractivity contribution in [3.05, 3.63) is 23.5 Å². The van der Waals surface area contributed by atoms with E-state index in [-0.39, 0.29) is 0 Å². The highest BCUT2D eigenvalue weighted by Gasteiger charge is 2.19. The van der Waals surface area contributed by atoms with Crippen molar-refractivity contribution < 1.29 is 0 Å². The van der Waals surface area contributed by atoms with E-state index in [4.69, 9.17) is 5.73 Å². The highest BCUT2D eigenvalue weighted by molar-refractivity contribution is 7.13. The Morgan fingerprint density at radius 1 is 1.25 bits per heavy atom. The van der Waals surface area contributed by atoms with Crippen LogP contribution in [-0.2, 0) is 13.1 Å². The van der Waals surface area contributed by atoms with Gasteiger partial charge < -0.3 is 10.6 Å². The third-order valence-corrected chi connectivity index (χ3v) is 4.22. The summed E-state index contributed by atoms with van der Waals surface area (Å²) in [5, 5.41) is 11.4. The van der Waals surface area contributed by atoms with Crippen molar-refractivity contribution in [2.75, 3.05) is 37.6 Å². The van der Waals surface area contributed by atoms with E-state index >= 15 is 0 Å². The van der Waals surface area contributed by atoms with Crippen LogP contribution in [0.4, 0.5) is 5.13 Å². The van der Waals surface area contributed by atoms with Gasteiger partial charge in [-0.15, -0.1) is 16.4 Å². The van der Waals surface area contributed by atoms with Gasteiger partial charge in [0, 0.05) is 57.0 Å². The molecule has 20 heavy (non-hydrogen) atoms. The molecule has 1 saturated heterocycles. The number of thiazole rings is 1. The van der Waals surface area contributed by atoms with Crippen molar-refractivity contribution >= 4 is 16.5 Å². The van der Waals surface area contributed by atoms with Gasteiger partial charge in [-0.3, -0.25) is 9.58 Å². The summed E-state index contributed by atoms with van der Waals surface area (Å²) in [5.41, 5.74) is 6.52. The fraction of sp³-hybridized carbons (Fsp3) is 0.583. The van der Waals surface area contributed by atoms with Gasteiger partial charge in [0.2, 0.25) is 0 Å². The smallest absolute Gasteiger partial charge is 0.185 e. The summed E-state index contributed by atoms with van der Waals surface area (Å²) < 4.78 is 1.81. The minimum absolute atomic E-state index is 0.593. The van der Waals surface area contributed by atoms with Gasteiger partial charge in [0.05, 0.1) is 12.2 Å². The van der Waals surface area contributed by atoms with E-state index in [2.05, 4.69) is 25.1 Å². The molecule has 2 aromatic heterocycles. The topological polar surface area (TPSA) is 76.1 Å². The minimum atomic E-state index is 0.593. The van der Waals surface area contributed by atoms with E-state index in [9.17, 15) is 0 Å². The molecular formula is C12H19N7S. The van der Waals surface area contributed by atoms with Crippen LogP contribution in [-0.4, -0.2) is 57.6 Å². The average molecular weight is 293 g/mol. The molecule has 0 aliphatic carbocycles. The van der Waals surface area contributed by atoms with Crippen LogP contribution in [0.25, 0.3) is 0 Å². The molecular weight excluding hydrogens is 274 g/mol. The molecule has 0 spiro atoms. The van der Waals surface area contributed by atoms with E-state index < -0.39 is 0 Å². The summed E-state index contributed by atoms with van der Waals surface area (Å²) in [6, 6.07) is 0. The first-order chi connectivity index (χ1) is 9.85. The Hall–Kier alpha value is -1.51. The van der Waals surface area contributed by atoms with Crippen LogP contribution >= 0.6 is 11.3 Å². The van der Waals surface area contributed by atoms with Crippen molar-refractivity contribution in [2.24, 2.45) is 5.73 Å². The summed E-state index contributed by atoms with van der Waals surface area (Å²) in [6.07, 6.45) is 3.85. The predicted molar refractivity (Wildman–Crippen MR) is 78.7 cm³/mol. The molecule has 0 atom stereocenters. The average Bonchev–Trinajstić information content (AvgIpc) is 3.12. The number of nitrogens with two attached hydrogens (primary N) is 1. The van der Waals surface area contributed by atoms with Gasteiger partial charge in [0.15, 0.2) is 5.13 Å². The molecule has 1 aliphatic heterocycles. The zero-order chi connectivity index (χ0) is 13.8. The summed E-state index contributed by atoms with van der Waals surface area (Å²) in [7, 11) is 0. The summed E-state index contributed by atoms with van der Waals surface area (Å²) in [5.74, 6) is 0. The molecule has 0 amide bonds. The van der Waals surface area contributed by atoms with Gasteiger partial charge in [0.25, 0.3) is 0 Å². The quantitative estimate of drug-likeness (QED) is 0.837. The van der Waals surface area contributed by atoms with Crippen LogP contribution in [0.3, 0.4) is 0 Å². The Morgan fingerprint density at radius 3 is 2.80 bits per heavy atom. The molecule has 0 bridgehead atoms. The van der Waals surface area contributed by atoms with Crippen LogP contribution in [0.1, 0.15) is 5.69 Å². The molecule has 1 aliphatic rings. The van der Waals surface area contributed by atoms with Crippen LogP contribution in [0, 0.1) is 0 Å². The van der Waals surface area contributed by atoms with Gasteiger partial charge in [-0.05, 0) is 0 Å². The summed E-state index contributed by atoms with van der Waals surface area (Å²) in [6.45, 7) is 6.28. The van der Waals surface area contributed by atoms with Crippen molar-refractivity contribution in [3.63, 3.8) is 0 Å². The highest BCUT2D eigenvalue weighted by Crippen LogP contribution is 2.19. The molecule has 3 heterocycles. The van der Waals surface area contributed by atoms with E-state index in [1.807, 2.05) is 17.8 Å².